The van der Waals surface area contributed by atoms with Crippen LogP contribution in [0.3, 0.4) is 0 Å². The SMILES string of the molecule is CCN(CC)CCCN(CC)c1nc(Cl)nc(OC)n1. The summed E-state index contributed by atoms with van der Waals surface area (Å²) >= 11 is 5.88. The van der Waals surface area contributed by atoms with Crippen molar-refractivity contribution in [3.05, 3.63) is 5.28 Å². The second kappa shape index (κ2) is 8.92. The van der Waals surface area contributed by atoms with E-state index in [1.807, 2.05) is 0 Å². The molecular formula is C13H24ClN5O. The van der Waals surface area contributed by atoms with E-state index in [4.69, 9.17) is 16.3 Å². The van der Waals surface area contributed by atoms with Crippen LogP contribution in [0.15, 0.2) is 0 Å². The van der Waals surface area contributed by atoms with E-state index in [9.17, 15) is 0 Å². The van der Waals surface area contributed by atoms with E-state index in [0.717, 1.165) is 39.1 Å². The zero-order chi connectivity index (χ0) is 15.0. The van der Waals surface area contributed by atoms with Crippen LogP contribution in [0.5, 0.6) is 6.01 Å². The molecule has 0 aromatic carbocycles. The van der Waals surface area contributed by atoms with E-state index in [2.05, 4.69) is 45.5 Å². The summed E-state index contributed by atoms with van der Waals surface area (Å²) in [7, 11) is 1.52. The fraction of sp³-hybridized carbons (Fsp3) is 0.769. The molecule has 0 aliphatic carbocycles. The number of halogens is 1. The lowest BCUT2D eigenvalue weighted by atomic mass is 10.3. The summed E-state index contributed by atoms with van der Waals surface area (Å²) in [5.41, 5.74) is 0. The molecule has 0 aliphatic heterocycles. The highest BCUT2D eigenvalue weighted by Gasteiger charge is 2.12. The van der Waals surface area contributed by atoms with Crippen LogP contribution in [0, 0.1) is 0 Å². The summed E-state index contributed by atoms with van der Waals surface area (Å²) in [4.78, 5) is 16.8. The van der Waals surface area contributed by atoms with E-state index in [1.165, 1.54) is 7.11 Å². The predicted molar refractivity (Wildman–Crippen MR) is 81.7 cm³/mol. The first-order valence-electron chi connectivity index (χ1n) is 7.07. The molecule has 0 amide bonds. The van der Waals surface area contributed by atoms with Crippen molar-refractivity contribution < 1.29 is 4.74 Å². The van der Waals surface area contributed by atoms with Crippen molar-refractivity contribution in [3.8, 4) is 6.01 Å². The summed E-state index contributed by atoms with van der Waals surface area (Å²) in [6.45, 7) is 11.4. The number of methoxy groups -OCH3 is 1. The van der Waals surface area contributed by atoms with E-state index in [-0.39, 0.29) is 11.3 Å². The van der Waals surface area contributed by atoms with Crippen molar-refractivity contribution in [3.63, 3.8) is 0 Å². The molecule has 0 unspecified atom stereocenters. The van der Waals surface area contributed by atoms with Gasteiger partial charge in [0, 0.05) is 13.1 Å². The lowest BCUT2D eigenvalue weighted by Gasteiger charge is -2.23. The molecule has 7 heteroatoms. The highest BCUT2D eigenvalue weighted by Crippen LogP contribution is 2.15. The highest BCUT2D eigenvalue weighted by molar-refractivity contribution is 6.28. The minimum absolute atomic E-state index is 0.161. The lowest BCUT2D eigenvalue weighted by Crippen LogP contribution is -2.31. The third-order valence-corrected chi connectivity index (χ3v) is 3.39. The molecule has 0 spiro atoms. The number of anilines is 1. The molecule has 0 N–H and O–H groups in total. The summed E-state index contributed by atoms with van der Waals surface area (Å²) in [5, 5.41) is 0.161. The summed E-state index contributed by atoms with van der Waals surface area (Å²) < 4.78 is 5.03. The van der Waals surface area contributed by atoms with Crippen LogP contribution < -0.4 is 9.64 Å². The van der Waals surface area contributed by atoms with E-state index >= 15 is 0 Å². The Labute approximate surface area is 126 Å². The smallest absolute Gasteiger partial charge is 0.322 e. The number of hydrogen-bond acceptors (Lipinski definition) is 6. The second-order valence-electron chi connectivity index (χ2n) is 4.35. The van der Waals surface area contributed by atoms with Crippen LogP contribution in [-0.4, -0.2) is 59.7 Å². The van der Waals surface area contributed by atoms with Crippen LogP contribution in [0.2, 0.25) is 5.28 Å². The zero-order valence-corrected chi connectivity index (χ0v) is 13.5. The highest BCUT2D eigenvalue weighted by atomic mass is 35.5. The average Bonchev–Trinajstić information content (AvgIpc) is 2.47. The largest absolute Gasteiger partial charge is 0.467 e. The van der Waals surface area contributed by atoms with Crippen LogP contribution in [-0.2, 0) is 0 Å². The normalized spacial score (nSPS) is 10.9. The van der Waals surface area contributed by atoms with Gasteiger partial charge in [0.1, 0.15) is 0 Å². The van der Waals surface area contributed by atoms with Crippen molar-refractivity contribution in [1.82, 2.24) is 19.9 Å². The Balaban J connectivity index is 2.64. The van der Waals surface area contributed by atoms with Crippen molar-refractivity contribution in [2.45, 2.75) is 27.2 Å². The first kappa shape index (κ1) is 16.9. The minimum atomic E-state index is 0.161. The average molecular weight is 302 g/mol. The number of hydrogen-bond donors (Lipinski definition) is 0. The van der Waals surface area contributed by atoms with Crippen molar-refractivity contribution in [2.24, 2.45) is 0 Å². The Morgan fingerprint density at radius 3 is 2.25 bits per heavy atom. The first-order valence-corrected chi connectivity index (χ1v) is 7.45. The molecule has 1 rings (SSSR count). The maximum atomic E-state index is 5.88. The number of aromatic nitrogens is 3. The topological polar surface area (TPSA) is 54.4 Å². The Morgan fingerprint density at radius 1 is 1.00 bits per heavy atom. The molecule has 0 aliphatic rings. The molecule has 0 bridgehead atoms. The van der Waals surface area contributed by atoms with Crippen molar-refractivity contribution in [2.75, 3.05) is 44.7 Å². The maximum Gasteiger partial charge on any atom is 0.322 e. The van der Waals surface area contributed by atoms with E-state index < -0.39 is 0 Å². The maximum absolute atomic E-state index is 5.88. The molecule has 20 heavy (non-hydrogen) atoms. The molecule has 0 atom stereocenters. The van der Waals surface area contributed by atoms with E-state index in [1.54, 1.807) is 0 Å². The monoisotopic (exact) mass is 301 g/mol. The predicted octanol–water partition coefficient (Wildman–Crippen LogP) is 2.09. The van der Waals surface area contributed by atoms with Gasteiger partial charge in [0.25, 0.3) is 0 Å². The number of nitrogens with zero attached hydrogens (tertiary/aromatic N) is 5. The molecule has 0 saturated carbocycles. The van der Waals surface area contributed by atoms with Gasteiger partial charge >= 0.3 is 6.01 Å². The Hall–Kier alpha value is -1.14. The van der Waals surface area contributed by atoms with Crippen molar-refractivity contribution in [1.29, 1.82) is 0 Å². The van der Waals surface area contributed by atoms with Crippen molar-refractivity contribution >= 4 is 17.5 Å². The van der Waals surface area contributed by atoms with Gasteiger partial charge < -0.3 is 14.5 Å². The molecular weight excluding hydrogens is 278 g/mol. The molecule has 1 aromatic heterocycles. The van der Waals surface area contributed by atoms with Gasteiger partial charge in [-0.2, -0.15) is 15.0 Å². The number of rotatable bonds is 9. The standard InChI is InChI=1S/C13H24ClN5O/c1-5-18(6-2)9-8-10-19(7-3)12-15-11(14)16-13(17-12)20-4/h5-10H2,1-4H3. The van der Waals surface area contributed by atoms with Crippen LogP contribution in [0.1, 0.15) is 27.2 Å². The number of ether oxygens (including phenoxy) is 1. The molecule has 114 valence electrons. The fourth-order valence-electron chi connectivity index (χ4n) is 1.98. The second-order valence-corrected chi connectivity index (χ2v) is 4.69. The van der Waals surface area contributed by atoms with Crippen LogP contribution in [0.4, 0.5) is 5.95 Å². The van der Waals surface area contributed by atoms with Gasteiger partial charge in [0.05, 0.1) is 7.11 Å². The van der Waals surface area contributed by atoms with Gasteiger partial charge in [-0.1, -0.05) is 13.8 Å². The minimum Gasteiger partial charge on any atom is -0.467 e. The quantitative estimate of drug-likeness (QED) is 0.696. The molecule has 0 radical (unpaired) electrons. The Morgan fingerprint density at radius 2 is 1.70 bits per heavy atom. The van der Waals surface area contributed by atoms with Gasteiger partial charge in [0.2, 0.25) is 11.2 Å². The third-order valence-electron chi connectivity index (χ3n) is 3.22. The Bertz CT molecular complexity index is 400. The van der Waals surface area contributed by atoms with Gasteiger partial charge in [0.15, 0.2) is 0 Å². The molecule has 6 nitrogen and oxygen atoms in total. The molecule has 0 saturated heterocycles. The van der Waals surface area contributed by atoms with Crippen LogP contribution >= 0.6 is 11.6 Å². The third kappa shape index (κ3) is 5.09. The molecule has 1 heterocycles. The fourth-order valence-corrected chi connectivity index (χ4v) is 2.13. The summed E-state index contributed by atoms with van der Waals surface area (Å²) in [6, 6.07) is 0.252. The zero-order valence-electron chi connectivity index (χ0n) is 12.8. The Kier molecular flexibility index (Phi) is 7.54. The summed E-state index contributed by atoms with van der Waals surface area (Å²) in [5.74, 6) is 0.573. The van der Waals surface area contributed by atoms with Gasteiger partial charge in [-0.3, -0.25) is 0 Å². The first-order chi connectivity index (χ1) is 9.64. The van der Waals surface area contributed by atoms with E-state index in [0.29, 0.717) is 5.95 Å². The lowest BCUT2D eigenvalue weighted by molar-refractivity contribution is 0.300. The van der Waals surface area contributed by atoms with Gasteiger partial charge in [-0.05, 0) is 44.6 Å². The summed E-state index contributed by atoms with van der Waals surface area (Å²) in [6.07, 6.45) is 1.06. The molecule has 0 fully saturated rings. The van der Waals surface area contributed by atoms with Gasteiger partial charge in [-0.25, -0.2) is 0 Å². The molecule has 1 aromatic rings. The van der Waals surface area contributed by atoms with Crippen LogP contribution in [0.25, 0.3) is 0 Å². The van der Waals surface area contributed by atoms with Gasteiger partial charge in [-0.15, -0.1) is 0 Å².